The number of carboxylic acids is 1. The van der Waals surface area contributed by atoms with Crippen molar-refractivity contribution in [3.05, 3.63) is 83.9 Å². The van der Waals surface area contributed by atoms with Gasteiger partial charge >= 0.3 is 5.97 Å². The van der Waals surface area contributed by atoms with E-state index in [1.165, 1.54) is 6.07 Å². The summed E-state index contributed by atoms with van der Waals surface area (Å²) in [6.07, 6.45) is 0. The molecule has 3 aromatic carbocycles. The first-order chi connectivity index (χ1) is 13.6. The van der Waals surface area contributed by atoms with E-state index >= 15 is 0 Å². The van der Waals surface area contributed by atoms with Gasteiger partial charge in [-0.1, -0.05) is 60.7 Å². The lowest BCUT2D eigenvalue weighted by atomic mass is 10.1. The Labute approximate surface area is 161 Å². The zero-order valence-corrected chi connectivity index (χ0v) is 14.8. The summed E-state index contributed by atoms with van der Waals surface area (Å²) in [4.78, 5) is 20.8. The highest BCUT2D eigenvalue weighted by atomic mass is 16.4. The summed E-state index contributed by atoms with van der Waals surface area (Å²) in [7, 11) is 0. The zero-order valence-electron chi connectivity index (χ0n) is 14.8. The summed E-state index contributed by atoms with van der Waals surface area (Å²) in [5.41, 5.74) is 2.70. The van der Waals surface area contributed by atoms with E-state index in [0.29, 0.717) is 23.6 Å². The molecular weight excluding hydrogens is 354 g/mol. The number of nitrogens with zero attached hydrogens (tertiary/aromatic N) is 2. The molecule has 0 bridgehead atoms. The van der Waals surface area contributed by atoms with Gasteiger partial charge in [-0.25, -0.2) is 14.8 Å². The number of carboxylic acid groups (broad SMARTS) is 1. The fourth-order valence-corrected chi connectivity index (χ4v) is 3.02. The smallest absolute Gasteiger partial charge is 0.341 e. The van der Waals surface area contributed by atoms with Crippen LogP contribution in [0.3, 0.4) is 0 Å². The Hall–Kier alpha value is -3.93. The van der Waals surface area contributed by atoms with Gasteiger partial charge in [0.25, 0.3) is 0 Å². The summed E-state index contributed by atoms with van der Waals surface area (Å²) in [5.74, 6) is -1.04. The van der Waals surface area contributed by atoms with E-state index in [9.17, 15) is 15.0 Å². The third kappa shape index (κ3) is 3.35. The molecule has 0 saturated heterocycles. The van der Waals surface area contributed by atoms with Crippen LogP contribution in [-0.2, 0) is 6.54 Å². The van der Waals surface area contributed by atoms with Gasteiger partial charge in [0, 0.05) is 12.1 Å². The van der Waals surface area contributed by atoms with Crippen molar-refractivity contribution in [2.75, 3.05) is 5.32 Å². The molecule has 28 heavy (non-hydrogen) atoms. The average Bonchev–Trinajstić information content (AvgIpc) is 2.72. The molecule has 0 aliphatic heterocycles. The third-order valence-electron chi connectivity index (χ3n) is 4.38. The molecule has 0 atom stereocenters. The SMILES string of the molecule is O=C(O)c1c(O)ccc2nc(NCc3ccccc3)c(-c3ccccc3)nc12. The van der Waals surface area contributed by atoms with Crippen LogP contribution in [0.2, 0.25) is 0 Å². The monoisotopic (exact) mass is 371 g/mol. The Morgan fingerprint density at radius 1 is 0.893 bits per heavy atom. The number of rotatable bonds is 5. The van der Waals surface area contributed by atoms with Crippen molar-refractivity contribution in [2.24, 2.45) is 0 Å². The Kier molecular flexibility index (Phi) is 4.60. The number of nitrogens with one attached hydrogen (secondary N) is 1. The number of carbonyl (C=O) groups is 1. The number of hydrogen-bond acceptors (Lipinski definition) is 5. The summed E-state index contributed by atoms with van der Waals surface area (Å²) in [6, 6.07) is 22.2. The van der Waals surface area contributed by atoms with E-state index in [2.05, 4.69) is 15.3 Å². The molecule has 0 aliphatic rings. The van der Waals surface area contributed by atoms with E-state index in [1.807, 2.05) is 60.7 Å². The molecule has 138 valence electrons. The number of aromatic carboxylic acids is 1. The second-order valence-electron chi connectivity index (χ2n) is 6.26. The topological polar surface area (TPSA) is 95.3 Å². The highest BCUT2D eigenvalue weighted by Crippen LogP contribution is 2.31. The van der Waals surface area contributed by atoms with Gasteiger partial charge in [-0.15, -0.1) is 0 Å². The summed E-state index contributed by atoms with van der Waals surface area (Å²) >= 11 is 0. The first kappa shape index (κ1) is 17.5. The lowest BCUT2D eigenvalue weighted by molar-refractivity contribution is 0.0696. The molecule has 6 nitrogen and oxygen atoms in total. The minimum Gasteiger partial charge on any atom is -0.507 e. The highest BCUT2D eigenvalue weighted by molar-refractivity contribution is 6.04. The average molecular weight is 371 g/mol. The number of anilines is 1. The van der Waals surface area contributed by atoms with E-state index in [1.54, 1.807) is 6.07 Å². The number of aromatic nitrogens is 2. The maximum absolute atomic E-state index is 11.6. The first-order valence-corrected chi connectivity index (χ1v) is 8.73. The van der Waals surface area contributed by atoms with Gasteiger partial charge in [-0.2, -0.15) is 0 Å². The van der Waals surface area contributed by atoms with Gasteiger partial charge in [0.1, 0.15) is 22.5 Å². The van der Waals surface area contributed by atoms with Gasteiger partial charge in [-0.3, -0.25) is 0 Å². The van der Waals surface area contributed by atoms with E-state index < -0.39 is 5.97 Å². The summed E-state index contributed by atoms with van der Waals surface area (Å²) in [6.45, 7) is 0.546. The Morgan fingerprint density at radius 3 is 2.25 bits per heavy atom. The maximum Gasteiger partial charge on any atom is 0.341 e. The van der Waals surface area contributed by atoms with Crippen molar-refractivity contribution in [3.8, 4) is 17.0 Å². The molecule has 4 aromatic rings. The standard InChI is InChI=1S/C22H17N3O3/c26-17-12-11-16-20(18(17)22(27)28)25-19(15-9-5-2-6-10-15)21(24-16)23-13-14-7-3-1-4-8-14/h1-12,26H,13H2,(H,23,24)(H,27,28). The largest absolute Gasteiger partial charge is 0.507 e. The van der Waals surface area contributed by atoms with Crippen molar-refractivity contribution in [3.63, 3.8) is 0 Å². The molecule has 1 heterocycles. The number of phenols is 1. The minimum atomic E-state index is -1.25. The van der Waals surface area contributed by atoms with Crippen LogP contribution in [-0.4, -0.2) is 26.2 Å². The van der Waals surface area contributed by atoms with E-state index in [0.717, 1.165) is 11.1 Å². The van der Waals surface area contributed by atoms with Crippen molar-refractivity contribution in [2.45, 2.75) is 6.54 Å². The number of hydrogen-bond donors (Lipinski definition) is 3. The second kappa shape index (κ2) is 7.36. The van der Waals surface area contributed by atoms with Crippen LogP contribution in [0.1, 0.15) is 15.9 Å². The second-order valence-corrected chi connectivity index (χ2v) is 6.26. The molecule has 4 rings (SSSR count). The Balaban J connectivity index is 1.87. The molecule has 0 amide bonds. The van der Waals surface area contributed by atoms with Crippen molar-refractivity contribution in [1.29, 1.82) is 0 Å². The van der Waals surface area contributed by atoms with Crippen LogP contribution in [0.5, 0.6) is 5.75 Å². The van der Waals surface area contributed by atoms with Gasteiger partial charge in [0.05, 0.1) is 5.52 Å². The van der Waals surface area contributed by atoms with Gasteiger partial charge in [0.15, 0.2) is 5.82 Å². The van der Waals surface area contributed by atoms with Crippen LogP contribution in [0.25, 0.3) is 22.3 Å². The molecule has 0 aliphatic carbocycles. The van der Waals surface area contributed by atoms with Crippen LogP contribution in [0.15, 0.2) is 72.8 Å². The van der Waals surface area contributed by atoms with Crippen LogP contribution in [0.4, 0.5) is 5.82 Å². The molecule has 0 radical (unpaired) electrons. The normalized spacial score (nSPS) is 10.7. The molecule has 0 fully saturated rings. The number of benzene rings is 3. The van der Waals surface area contributed by atoms with Crippen molar-refractivity contribution in [1.82, 2.24) is 9.97 Å². The molecule has 0 unspecified atom stereocenters. The quantitative estimate of drug-likeness (QED) is 0.484. The lowest BCUT2D eigenvalue weighted by Gasteiger charge is -2.13. The molecule has 3 N–H and O–H groups in total. The zero-order chi connectivity index (χ0) is 19.5. The highest BCUT2D eigenvalue weighted by Gasteiger charge is 2.19. The Bertz CT molecular complexity index is 1150. The predicted molar refractivity (Wildman–Crippen MR) is 107 cm³/mol. The van der Waals surface area contributed by atoms with E-state index in [-0.39, 0.29) is 16.8 Å². The third-order valence-corrected chi connectivity index (χ3v) is 4.38. The van der Waals surface area contributed by atoms with Crippen LogP contribution >= 0.6 is 0 Å². The van der Waals surface area contributed by atoms with E-state index in [4.69, 9.17) is 0 Å². The molecule has 0 saturated carbocycles. The number of fused-ring (bicyclic) bond motifs is 1. The molecular formula is C22H17N3O3. The molecule has 6 heteroatoms. The van der Waals surface area contributed by atoms with Crippen molar-refractivity contribution >= 4 is 22.8 Å². The molecule has 1 aromatic heterocycles. The first-order valence-electron chi connectivity index (χ1n) is 8.73. The van der Waals surface area contributed by atoms with Gasteiger partial charge < -0.3 is 15.5 Å². The van der Waals surface area contributed by atoms with Crippen LogP contribution < -0.4 is 5.32 Å². The number of aromatic hydroxyl groups is 1. The van der Waals surface area contributed by atoms with Gasteiger partial charge in [-0.05, 0) is 17.7 Å². The maximum atomic E-state index is 11.6. The Morgan fingerprint density at radius 2 is 1.57 bits per heavy atom. The van der Waals surface area contributed by atoms with Gasteiger partial charge in [0.2, 0.25) is 0 Å². The predicted octanol–water partition coefficient (Wildman–Crippen LogP) is 4.31. The fourth-order valence-electron chi connectivity index (χ4n) is 3.02. The van der Waals surface area contributed by atoms with Crippen LogP contribution in [0, 0.1) is 0 Å². The van der Waals surface area contributed by atoms with Crippen molar-refractivity contribution < 1.29 is 15.0 Å². The lowest BCUT2D eigenvalue weighted by Crippen LogP contribution is -2.07. The summed E-state index contributed by atoms with van der Waals surface area (Å²) < 4.78 is 0. The fraction of sp³-hybridized carbons (Fsp3) is 0.0455. The minimum absolute atomic E-state index is 0.150. The molecule has 0 spiro atoms. The summed E-state index contributed by atoms with van der Waals surface area (Å²) in [5, 5.41) is 22.8.